The summed E-state index contributed by atoms with van der Waals surface area (Å²) in [4.78, 5) is 0. The topological polar surface area (TPSA) is 21.3 Å². The van der Waals surface area contributed by atoms with E-state index in [0.29, 0.717) is 12.0 Å². The van der Waals surface area contributed by atoms with Gasteiger partial charge in [-0.05, 0) is 64.8 Å². The zero-order valence-corrected chi connectivity index (χ0v) is 13.0. The Balaban J connectivity index is 2.21. The van der Waals surface area contributed by atoms with E-state index in [1.54, 1.807) is 7.11 Å². The predicted molar refractivity (Wildman–Crippen MR) is 79.0 cm³/mol. The van der Waals surface area contributed by atoms with Gasteiger partial charge in [0.1, 0.15) is 5.75 Å². The van der Waals surface area contributed by atoms with Gasteiger partial charge in [0.15, 0.2) is 0 Å². The van der Waals surface area contributed by atoms with Crippen LogP contribution in [0.2, 0.25) is 0 Å². The Kier molecular flexibility index (Phi) is 4.68. The van der Waals surface area contributed by atoms with Gasteiger partial charge in [0.05, 0.1) is 11.6 Å². The Hall–Kier alpha value is -0.540. The summed E-state index contributed by atoms with van der Waals surface area (Å²) in [5, 5.41) is 3.62. The highest BCUT2D eigenvalue weighted by Gasteiger charge is 2.33. The molecule has 1 aliphatic rings. The van der Waals surface area contributed by atoms with Crippen LogP contribution in [0.5, 0.6) is 5.75 Å². The molecule has 3 heteroatoms. The first kappa shape index (κ1) is 13.9. The molecule has 0 bridgehead atoms. The van der Waals surface area contributed by atoms with Gasteiger partial charge >= 0.3 is 0 Å². The normalized spacial score (nSPS) is 18.4. The molecule has 0 saturated heterocycles. The van der Waals surface area contributed by atoms with Crippen LogP contribution in [-0.4, -0.2) is 13.7 Å². The van der Waals surface area contributed by atoms with Crippen molar-refractivity contribution in [3.63, 3.8) is 0 Å². The van der Waals surface area contributed by atoms with E-state index in [1.165, 1.54) is 18.4 Å². The molecule has 0 spiro atoms. The number of nitrogens with one attached hydrogen (secondary N) is 1. The number of hydrogen-bond acceptors (Lipinski definition) is 2. The van der Waals surface area contributed by atoms with Crippen LogP contribution in [0.3, 0.4) is 0 Å². The third-order valence-corrected chi connectivity index (χ3v) is 4.47. The summed E-state index contributed by atoms with van der Waals surface area (Å²) in [6.07, 6.45) is 2.78. The first-order valence-electron chi connectivity index (χ1n) is 6.74. The molecular formula is C15H22BrNO. The van der Waals surface area contributed by atoms with Gasteiger partial charge in [0.2, 0.25) is 0 Å². The average Bonchev–Trinajstić information content (AvgIpc) is 3.19. The number of methoxy groups -OCH3 is 1. The molecule has 0 amide bonds. The third-order valence-electron chi connectivity index (χ3n) is 3.85. The first-order valence-corrected chi connectivity index (χ1v) is 7.53. The van der Waals surface area contributed by atoms with E-state index in [2.05, 4.69) is 47.2 Å². The molecule has 18 heavy (non-hydrogen) atoms. The van der Waals surface area contributed by atoms with E-state index in [-0.39, 0.29) is 0 Å². The molecule has 0 radical (unpaired) electrons. The molecule has 1 N–H and O–H groups in total. The van der Waals surface area contributed by atoms with Crippen molar-refractivity contribution in [3.05, 3.63) is 28.2 Å². The Labute approximate surface area is 118 Å². The van der Waals surface area contributed by atoms with E-state index in [0.717, 1.165) is 22.7 Å². The molecule has 0 aromatic heterocycles. The maximum absolute atomic E-state index is 5.29. The fraction of sp³-hybridized carbons (Fsp3) is 0.600. The molecule has 1 aromatic rings. The zero-order chi connectivity index (χ0) is 13.1. The second-order valence-electron chi connectivity index (χ2n) is 5.13. The molecule has 1 fully saturated rings. The van der Waals surface area contributed by atoms with Crippen molar-refractivity contribution in [1.29, 1.82) is 0 Å². The lowest BCUT2D eigenvalue weighted by Gasteiger charge is -2.25. The SMILES string of the molecule is CCNC(c1ccc(OC)c(Br)c1)C(C)C1CC1. The van der Waals surface area contributed by atoms with Crippen molar-refractivity contribution < 1.29 is 4.74 Å². The van der Waals surface area contributed by atoms with Crippen molar-refractivity contribution in [2.45, 2.75) is 32.7 Å². The third kappa shape index (κ3) is 3.07. The Morgan fingerprint density at radius 3 is 2.67 bits per heavy atom. The minimum Gasteiger partial charge on any atom is -0.496 e. The van der Waals surface area contributed by atoms with Crippen LogP contribution in [0.4, 0.5) is 0 Å². The molecule has 1 aromatic carbocycles. The van der Waals surface area contributed by atoms with Crippen LogP contribution in [0.15, 0.2) is 22.7 Å². The highest BCUT2D eigenvalue weighted by molar-refractivity contribution is 9.10. The molecule has 1 saturated carbocycles. The standard InChI is InChI=1S/C15H22BrNO/c1-4-17-15(10(2)11-5-6-11)12-7-8-14(18-3)13(16)9-12/h7-11,15,17H,4-6H2,1-3H3. The summed E-state index contributed by atoms with van der Waals surface area (Å²) in [7, 11) is 1.70. The van der Waals surface area contributed by atoms with Gasteiger partial charge in [-0.25, -0.2) is 0 Å². The quantitative estimate of drug-likeness (QED) is 0.852. The minimum absolute atomic E-state index is 0.449. The van der Waals surface area contributed by atoms with Gasteiger partial charge in [-0.1, -0.05) is 19.9 Å². The first-order chi connectivity index (χ1) is 8.67. The number of rotatable bonds is 6. The van der Waals surface area contributed by atoms with Crippen molar-refractivity contribution >= 4 is 15.9 Å². The lowest BCUT2D eigenvalue weighted by atomic mass is 9.90. The van der Waals surface area contributed by atoms with E-state index < -0.39 is 0 Å². The summed E-state index contributed by atoms with van der Waals surface area (Å²) in [6.45, 7) is 5.54. The second kappa shape index (κ2) is 6.07. The van der Waals surface area contributed by atoms with E-state index in [9.17, 15) is 0 Å². The van der Waals surface area contributed by atoms with Crippen molar-refractivity contribution in [2.75, 3.05) is 13.7 Å². The monoisotopic (exact) mass is 311 g/mol. The van der Waals surface area contributed by atoms with Crippen molar-refractivity contribution in [2.24, 2.45) is 11.8 Å². The number of halogens is 1. The molecule has 2 nitrogen and oxygen atoms in total. The summed E-state index contributed by atoms with van der Waals surface area (Å²) in [5.74, 6) is 2.49. The number of benzene rings is 1. The van der Waals surface area contributed by atoms with Crippen LogP contribution in [0.1, 0.15) is 38.3 Å². The van der Waals surface area contributed by atoms with E-state index >= 15 is 0 Å². The fourth-order valence-corrected chi connectivity index (χ4v) is 3.16. The Morgan fingerprint density at radius 1 is 1.44 bits per heavy atom. The predicted octanol–water partition coefficient (Wildman–Crippen LogP) is 4.15. The van der Waals surface area contributed by atoms with Crippen LogP contribution in [0, 0.1) is 11.8 Å². The molecule has 2 atom stereocenters. The molecule has 0 heterocycles. The molecule has 2 unspecified atom stereocenters. The van der Waals surface area contributed by atoms with Gasteiger partial charge in [-0.2, -0.15) is 0 Å². The van der Waals surface area contributed by atoms with Crippen molar-refractivity contribution in [3.8, 4) is 5.75 Å². The molecule has 100 valence electrons. The Bertz CT molecular complexity index is 403. The zero-order valence-electron chi connectivity index (χ0n) is 11.4. The summed E-state index contributed by atoms with van der Waals surface area (Å²) < 4.78 is 6.33. The van der Waals surface area contributed by atoms with Crippen LogP contribution < -0.4 is 10.1 Å². The van der Waals surface area contributed by atoms with Gasteiger partial charge < -0.3 is 10.1 Å². The molecule has 2 rings (SSSR count). The number of ether oxygens (including phenoxy) is 1. The van der Waals surface area contributed by atoms with Crippen LogP contribution in [-0.2, 0) is 0 Å². The highest BCUT2D eigenvalue weighted by atomic mass is 79.9. The van der Waals surface area contributed by atoms with Gasteiger partial charge in [-0.15, -0.1) is 0 Å². The largest absolute Gasteiger partial charge is 0.496 e. The molecular weight excluding hydrogens is 290 g/mol. The van der Waals surface area contributed by atoms with E-state index in [4.69, 9.17) is 4.74 Å². The summed E-state index contributed by atoms with van der Waals surface area (Å²) in [6, 6.07) is 6.86. The number of hydrogen-bond donors (Lipinski definition) is 1. The average molecular weight is 312 g/mol. The molecule has 0 aliphatic heterocycles. The maximum atomic E-state index is 5.29. The van der Waals surface area contributed by atoms with Crippen LogP contribution in [0.25, 0.3) is 0 Å². The van der Waals surface area contributed by atoms with Gasteiger partial charge in [0.25, 0.3) is 0 Å². The second-order valence-corrected chi connectivity index (χ2v) is 5.98. The lowest BCUT2D eigenvalue weighted by molar-refractivity contribution is 0.354. The van der Waals surface area contributed by atoms with Crippen LogP contribution >= 0.6 is 15.9 Å². The lowest BCUT2D eigenvalue weighted by Crippen LogP contribution is -2.27. The van der Waals surface area contributed by atoms with Gasteiger partial charge in [-0.3, -0.25) is 0 Å². The highest BCUT2D eigenvalue weighted by Crippen LogP contribution is 2.43. The minimum atomic E-state index is 0.449. The molecule has 1 aliphatic carbocycles. The van der Waals surface area contributed by atoms with Gasteiger partial charge in [0, 0.05) is 6.04 Å². The van der Waals surface area contributed by atoms with Crippen molar-refractivity contribution in [1.82, 2.24) is 5.32 Å². The Morgan fingerprint density at radius 2 is 2.17 bits per heavy atom. The smallest absolute Gasteiger partial charge is 0.133 e. The van der Waals surface area contributed by atoms with E-state index in [1.807, 2.05) is 6.07 Å². The summed E-state index contributed by atoms with van der Waals surface area (Å²) >= 11 is 3.58. The summed E-state index contributed by atoms with van der Waals surface area (Å²) in [5.41, 5.74) is 1.35. The maximum Gasteiger partial charge on any atom is 0.133 e. The fourth-order valence-electron chi connectivity index (χ4n) is 2.60.